The Labute approximate surface area is 89.6 Å². The van der Waals surface area contributed by atoms with Gasteiger partial charge in [-0.2, -0.15) is 4.80 Å². The molecule has 0 aromatic carbocycles. The van der Waals surface area contributed by atoms with Crippen molar-refractivity contribution in [3.8, 4) is 0 Å². The highest BCUT2D eigenvalue weighted by atomic mass is 15.6. The summed E-state index contributed by atoms with van der Waals surface area (Å²) in [6, 6.07) is 0. The van der Waals surface area contributed by atoms with Crippen LogP contribution in [-0.4, -0.2) is 26.8 Å². The highest BCUT2D eigenvalue weighted by Crippen LogP contribution is 2.19. The van der Waals surface area contributed by atoms with Crippen LogP contribution in [0.2, 0.25) is 0 Å². The molecule has 0 amide bonds. The van der Waals surface area contributed by atoms with E-state index in [0.29, 0.717) is 6.54 Å². The number of rotatable bonds is 5. The summed E-state index contributed by atoms with van der Waals surface area (Å²) in [6.07, 6.45) is 7.40. The number of hydrogen-bond donors (Lipinski definition) is 1. The molecule has 0 saturated carbocycles. The van der Waals surface area contributed by atoms with Gasteiger partial charge >= 0.3 is 0 Å². The molecule has 0 saturated heterocycles. The van der Waals surface area contributed by atoms with Crippen molar-refractivity contribution in [1.29, 1.82) is 0 Å². The number of aromatic nitrogens is 4. The molecule has 15 heavy (non-hydrogen) atoms. The zero-order chi connectivity index (χ0) is 10.5. The zero-order valence-corrected chi connectivity index (χ0v) is 9.11. The van der Waals surface area contributed by atoms with Gasteiger partial charge in [-0.25, -0.2) is 0 Å². The number of allylic oxidation sites excluding steroid dienone is 1. The van der Waals surface area contributed by atoms with Crippen LogP contribution in [-0.2, 0) is 13.6 Å². The maximum atomic E-state index is 4.10. The average molecular weight is 207 g/mol. The Kier molecular flexibility index (Phi) is 3.45. The van der Waals surface area contributed by atoms with Gasteiger partial charge < -0.3 is 5.32 Å². The lowest BCUT2D eigenvalue weighted by atomic mass is 10.2. The Morgan fingerprint density at radius 1 is 1.53 bits per heavy atom. The first-order valence-electron chi connectivity index (χ1n) is 5.46. The fourth-order valence-corrected chi connectivity index (χ4v) is 1.81. The molecule has 0 spiro atoms. The molecule has 2 rings (SSSR count). The molecule has 0 fully saturated rings. The van der Waals surface area contributed by atoms with Gasteiger partial charge in [0.1, 0.15) is 0 Å². The quantitative estimate of drug-likeness (QED) is 0.573. The molecular weight excluding hydrogens is 190 g/mol. The van der Waals surface area contributed by atoms with Crippen LogP contribution in [0.1, 0.15) is 31.5 Å². The lowest BCUT2D eigenvalue weighted by molar-refractivity contribution is 0.618. The van der Waals surface area contributed by atoms with Gasteiger partial charge in [-0.3, -0.25) is 0 Å². The van der Waals surface area contributed by atoms with Crippen molar-refractivity contribution in [2.24, 2.45) is 7.05 Å². The van der Waals surface area contributed by atoms with Crippen LogP contribution in [0.5, 0.6) is 0 Å². The van der Waals surface area contributed by atoms with Crippen molar-refractivity contribution >= 4 is 0 Å². The highest BCUT2D eigenvalue weighted by molar-refractivity contribution is 5.07. The monoisotopic (exact) mass is 207 g/mol. The summed E-state index contributed by atoms with van der Waals surface area (Å²) in [6.45, 7) is 1.71. The van der Waals surface area contributed by atoms with Crippen LogP contribution in [0.15, 0.2) is 11.6 Å². The molecule has 1 heterocycles. The van der Waals surface area contributed by atoms with Crippen molar-refractivity contribution in [1.82, 2.24) is 25.5 Å². The van der Waals surface area contributed by atoms with E-state index in [1.807, 2.05) is 0 Å². The summed E-state index contributed by atoms with van der Waals surface area (Å²) in [4.78, 5) is 1.48. The number of nitrogens with zero attached hydrogens (tertiary/aromatic N) is 4. The minimum absolute atomic E-state index is 0.709. The Bertz CT molecular complexity index is 341. The van der Waals surface area contributed by atoms with Crippen LogP contribution < -0.4 is 5.32 Å². The predicted molar refractivity (Wildman–Crippen MR) is 57.1 cm³/mol. The van der Waals surface area contributed by atoms with Gasteiger partial charge in [0.15, 0.2) is 5.82 Å². The normalized spacial score (nSPS) is 15.7. The molecule has 1 aliphatic carbocycles. The zero-order valence-electron chi connectivity index (χ0n) is 9.11. The lowest BCUT2D eigenvalue weighted by Gasteiger charge is -2.02. The van der Waals surface area contributed by atoms with Gasteiger partial charge in [0, 0.05) is 0 Å². The van der Waals surface area contributed by atoms with Crippen LogP contribution >= 0.6 is 0 Å². The van der Waals surface area contributed by atoms with Gasteiger partial charge in [0.2, 0.25) is 0 Å². The van der Waals surface area contributed by atoms with E-state index >= 15 is 0 Å². The maximum Gasteiger partial charge on any atom is 0.188 e. The van der Waals surface area contributed by atoms with Gasteiger partial charge in [0.25, 0.3) is 0 Å². The van der Waals surface area contributed by atoms with Gasteiger partial charge in [-0.05, 0) is 37.4 Å². The summed E-state index contributed by atoms with van der Waals surface area (Å²) in [5.41, 5.74) is 1.59. The fraction of sp³-hybridized carbons (Fsp3) is 0.700. The van der Waals surface area contributed by atoms with E-state index in [0.717, 1.165) is 18.8 Å². The van der Waals surface area contributed by atoms with Gasteiger partial charge in [0.05, 0.1) is 13.6 Å². The standard InChI is InChI=1S/C10H17N5/c1-15-13-10(12-14-15)8-11-7-6-9-4-2-3-5-9/h4,11H,2-3,5-8H2,1H3. The summed E-state index contributed by atoms with van der Waals surface area (Å²) in [5, 5.41) is 15.1. The SMILES string of the molecule is Cn1nnc(CNCCC2=CCCC2)n1. The van der Waals surface area contributed by atoms with E-state index in [2.05, 4.69) is 26.8 Å². The summed E-state index contributed by atoms with van der Waals surface area (Å²) >= 11 is 0. The fourth-order valence-electron chi connectivity index (χ4n) is 1.81. The summed E-state index contributed by atoms with van der Waals surface area (Å²) < 4.78 is 0. The molecule has 0 atom stereocenters. The minimum atomic E-state index is 0.709. The van der Waals surface area contributed by atoms with E-state index in [1.165, 1.54) is 24.1 Å². The molecule has 1 N–H and O–H groups in total. The third-order valence-electron chi connectivity index (χ3n) is 2.59. The Balaban J connectivity index is 1.62. The molecule has 1 aromatic rings. The van der Waals surface area contributed by atoms with Crippen molar-refractivity contribution in [2.45, 2.75) is 32.2 Å². The average Bonchev–Trinajstić information content (AvgIpc) is 2.84. The number of aryl methyl sites for hydroxylation is 1. The van der Waals surface area contributed by atoms with Crippen LogP contribution in [0.3, 0.4) is 0 Å². The van der Waals surface area contributed by atoms with E-state index < -0.39 is 0 Å². The molecule has 0 unspecified atom stereocenters. The summed E-state index contributed by atoms with van der Waals surface area (Å²) in [7, 11) is 1.78. The second-order valence-electron chi connectivity index (χ2n) is 3.88. The van der Waals surface area contributed by atoms with Crippen LogP contribution in [0.25, 0.3) is 0 Å². The molecule has 5 heteroatoms. The highest BCUT2D eigenvalue weighted by Gasteiger charge is 2.04. The first kappa shape index (κ1) is 10.3. The number of tetrazole rings is 1. The third-order valence-corrected chi connectivity index (χ3v) is 2.59. The van der Waals surface area contributed by atoms with Gasteiger partial charge in [-0.1, -0.05) is 11.6 Å². The molecule has 1 aromatic heterocycles. The Hall–Kier alpha value is -1.23. The largest absolute Gasteiger partial charge is 0.309 e. The van der Waals surface area contributed by atoms with E-state index in [9.17, 15) is 0 Å². The molecule has 1 aliphatic rings. The van der Waals surface area contributed by atoms with E-state index in [4.69, 9.17) is 0 Å². The van der Waals surface area contributed by atoms with Crippen LogP contribution in [0.4, 0.5) is 0 Å². The number of nitrogens with one attached hydrogen (secondary N) is 1. The topological polar surface area (TPSA) is 55.6 Å². The van der Waals surface area contributed by atoms with Crippen molar-refractivity contribution < 1.29 is 0 Å². The van der Waals surface area contributed by atoms with Crippen molar-refractivity contribution in [3.05, 3.63) is 17.5 Å². The molecule has 0 radical (unpaired) electrons. The predicted octanol–water partition coefficient (Wildman–Crippen LogP) is 0.800. The minimum Gasteiger partial charge on any atom is -0.309 e. The first-order chi connectivity index (χ1) is 7.34. The second kappa shape index (κ2) is 5.02. The molecule has 0 aliphatic heterocycles. The van der Waals surface area contributed by atoms with Crippen LogP contribution in [0, 0.1) is 0 Å². The Morgan fingerprint density at radius 2 is 2.47 bits per heavy atom. The van der Waals surface area contributed by atoms with Crippen molar-refractivity contribution in [3.63, 3.8) is 0 Å². The van der Waals surface area contributed by atoms with E-state index in [1.54, 1.807) is 12.6 Å². The molecule has 5 nitrogen and oxygen atoms in total. The maximum absolute atomic E-state index is 4.10. The smallest absolute Gasteiger partial charge is 0.188 e. The third kappa shape index (κ3) is 3.13. The molecule has 82 valence electrons. The second-order valence-corrected chi connectivity index (χ2v) is 3.88. The molecule has 0 bridgehead atoms. The number of hydrogen-bond acceptors (Lipinski definition) is 4. The van der Waals surface area contributed by atoms with E-state index in [-0.39, 0.29) is 0 Å². The van der Waals surface area contributed by atoms with Crippen molar-refractivity contribution in [2.75, 3.05) is 6.54 Å². The first-order valence-corrected chi connectivity index (χ1v) is 5.46. The Morgan fingerprint density at radius 3 is 3.13 bits per heavy atom. The lowest BCUT2D eigenvalue weighted by Crippen LogP contribution is -2.16. The molecular formula is C10H17N5. The van der Waals surface area contributed by atoms with Gasteiger partial charge in [-0.15, -0.1) is 10.2 Å². The summed E-state index contributed by atoms with van der Waals surface area (Å²) in [5.74, 6) is 0.762.